The van der Waals surface area contributed by atoms with Gasteiger partial charge in [0, 0.05) is 24.7 Å². The third-order valence-electron chi connectivity index (χ3n) is 5.89. The number of rotatable bonds is 7. The highest BCUT2D eigenvalue weighted by Gasteiger charge is 2.23. The lowest BCUT2D eigenvalue weighted by Gasteiger charge is -2.28. The fraction of sp³-hybridized carbons (Fsp3) is 0.348. The molecule has 0 radical (unpaired) electrons. The van der Waals surface area contributed by atoms with Gasteiger partial charge in [-0.05, 0) is 56.5 Å². The van der Waals surface area contributed by atoms with E-state index in [0.29, 0.717) is 29.0 Å². The summed E-state index contributed by atoms with van der Waals surface area (Å²) in [6.07, 6.45) is 2.94. The number of esters is 1. The fourth-order valence-electron chi connectivity index (χ4n) is 4.16. The van der Waals surface area contributed by atoms with Gasteiger partial charge in [-0.2, -0.15) is 4.99 Å². The molecule has 2 N–H and O–H groups in total. The van der Waals surface area contributed by atoms with Crippen molar-refractivity contribution in [1.29, 1.82) is 0 Å². The molecule has 0 spiro atoms. The summed E-state index contributed by atoms with van der Waals surface area (Å²) >= 11 is 0.979. The molecule has 1 aromatic heterocycles. The number of ether oxygens (including phenoxy) is 1. The Labute approximate surface area is 216 Å². The van der Waals surface area contributed by atoms with Crippen LogP contribution in [0.15, 0.2) is 46.3 Å². The molecule has 196 valence electrons. The molecule has 2 aromatic carbocycles. The second kappa shape index (κ2) is 10.8. The van der Waals surface area contributed by atoms with Gasteiger partial charge < -0.3 is 14.2 Å². The van der Waals surface area contributed by atoms with Gasteiger partial charge in [0.05, 0.1) is 26.6 Å². The maximum absolute atomic E-state index is 13.1. The number of benzene rings is 2. The number of anilines is 1. The summed E-state index contributed by atoms with van der Waals surface area (Å²) in [6.45, 7) is 2.93. The summed E-state index contributed by atoms with van der Waals surface area (Å²) in [7, 11) is -3.98. The molecule has 14 heteroatoms. The van der Waals surface area contributed by atoms with E-state index in [9.17, 15) is 28.1 Å². The number of nitrogens with zero attached hydrogens (tertiary/aromatic N) is 4. The predicted octanol–water partition coefficient (Wildman–Crippen LogP) is 2.55. The van der Waals surface area contributed by atoms with Crippen LogP contribution in [0.2, 0.25) is 0 Å². The Kier molecular flexibility index (Phi) is 7.71. The lowest BCUT2D eigenvalue weighted by molar-refractivity contribution is -0.384. The number of carbonyl (C=O) groups is 2. The first-order valence-corrected chi connectivity index (χ1v) is 13.9. The third kappa shape index (κ3) is 5.87. The third-order valence-corrected chi connectivity index (χ3v) is 7.84. The summed E-state index contributed by atoms with van der Waals surface area (Å²) in [4.78, 5) is 42.6. The molecular weight excluding hydrogens is 522 g/mol. The Balaban J connectivity index is 1.79. The Bertz CT molecular complexity index is 1550. The fourth-order valence-corrected chi connectivity index (χ4v) is 5.84. The van der Waals surface area contributed by atoms with Gasteiger partial charge in [0.1, 0.15) is 12.2 Å². The van der Waals surface area contributed by atoms with Gasteiger partial charge in [-0.1, -0.05) is 11.3 Å². The van der Waals surface area contributed by atoms with Crippen LogP contribution in [0.1, 0.15) is 36.5 Å². The highest BCUT2D eigenvalue weighted by Crippen LogP contribution is 2.31. The van der Waals surface area contributed by atoms with Gasteiger partial charge in [-0.3, -0.25) is 19.7 Å². The maximum Gasteiger partial charge on any atom is 0.326 e. The number of aromatic nitrogens is 1. The number of fused-ring (bicyclic) bond motifs is 1. The highest BCUT2D eigenvalue weighted by molar-refractivity contribution is 7.89. The van der Waals surface area contributed by atoms with Crippen LogP contribution in [-0.4, -0.2) is 49.5 Å². The monoisotopic (exact) mass is 547 g/mol. The smallest absolute Gasteiger partial charge is 0.326 e. The molecule has 0 saturated carbocycles. The number of hydrogen-bond donors (Lipinski definition) is 1. The number of carbonyl (C=O) groups excluding carboxylic acids is 2. The summed E-state index contributed by atoms with van der Waals surface area (Å²) in [5.41, 5.74) is 0.730. The van der Waals surface area contributed by atoms with Crippen molar-refractivity contribution in [2.45, 2.75) is 37.6 Å². The zero-order chi connectivity index (χ0) is 26.7. The van der Waals surface area contributed by atoms with Gasteiger partial charge >= 0.3 is 5.97 Å². The van der Waals surface area contributed by atoms with Crippen LogP contribution >= 0.6 is 11.3 Å². The van der Waals surface area contributed by atoms with Crippen molar-refractivity contribution in [3.8, 4) is 0 Å². The zero-order valence-electron chi connectivity index (χ0n) is 20.0. The quantitative estimate of drug-likeness (QED) is 0.267. The van der Waals surface area contributed by atoms with Crippen molar-refractivity contribution < 1.29 is 27.7 Å². The van der Waals surface area contributed by atoms with Gasteiger partial charge in [-0.25, -0.2) is 13.6 Å². The van der Waals surface area contributed by atoms with Gasteiger partial charge in [-0.15, -0.1) is 0 Å². The van der Waals surface area contributed by atoms with E-state index >= 15 is 0 Å². The predicted molar refractivity (Wildman–Crippen MR) is 137 cm³/mol. The first-order valence-electron chi connectivity index (χ1n) is 11.5. The van der Waals surface area contributed by atoms with Crippen LogP contribution in [-0.2, 0) is 26.1 Å². The van der Waals surface area contributed by atoms with Crippen molar-refractivity contribution in [2.24, 2.45) is 10.1 Å². The highest BCUT2D eigenvalue weighted by atomic mass is 32.2. The van der Waals surface area contributed by atoms with E-state index in [1.54, 1.807) is 13.0 Å². The molecule has 1 aliphatic heterocycles. The standard InChI is InChI=1S/C23H25N5O7S2/c1-2-35-21(29)14-27-18-9-7-16(37(24,33)34)13-20(18)36-23(27)25-22(30)15-6-8-17(19(12-15)28(31)32)26-10-4-3-5-11-26/h6-9,12-13H,2-5,10-11,14H2,1H3,(H2,24,33,34). The lowest BCUT2D eigenvalue weighted by Crippen LogP contribution is -2.30. The first kappa shape index (κ1) is 26.4. The molecule has 1 aliphatic rings. The number of piperidine rings is 1. The minimum atomic E-state index is -3.98. The molecule has 0 unspecified atom stereocenters. The van der Waals surface area contributed by atoms with E-state index in [0.717, 1.165) is 30.6 Å². The van der Waals surface area contributed by atoms with Gasteiger partial charge in [0.25, 0.3) is 11.6 Å². The largest absolute Gasteiger partial charge is 0.465 e. The van der Waals surface area contributed by atoms with E-state index in [1.165, 1.54) is 34.9 Å². The van der Waals surface area contributed by atoms with Crippen LogP contribution in [0.3, 0.4) is 0 Å². The van der Waals surface area contributed by atoms with Crippen LogP contribution < -0.4 is 14.8 Å². The van der Waals surface area contributed by atoms with Crippen LogP contribution in [0.4, 0.5) is 11.4 Å². The van der Waals surface area contributed by atoms with Crippen molar-refractivity contribution >= 4 is 54.8 Å². The zero-order valence-corrected chi connectivity index (χ0v) is 21.6. The molecule has 37 heavy (non-hydrogen) atoms. The minimum absolute atomic E-state index is 0.0119. The second-order valence-electron chi connectivity index (χ2n) is 8.38. The lowest BCUT2D eigenvalue weighted by atomic mass is 10.1. The van der Waals surface area contributed by atoms with E-state index in [2.05, 4.69) is 4.99 Å². The molecule has 0 aliphatic carbocycles. The number of amides is 1. The number of primary sulfonamides is 1. The molecule has 4 rings (SSSR count). The van der Waals surface area contributed by atoms with Crippen molar-refractivity contribution in [3.63, 3.8) is 0 Å². The maximum atomic E-state index is 13.1. The van der Waals surface area contributed by atoms with Crippen LogP contribution in [0.25, 0.3) is 10.2 Å². The topological polar surface area (TPSA) is 167 Å². The van der Waals surface area contributed by atoms with E-state index in [1.807, 2.05) is 4.90 Å². The van der Waals surface area contributed by atoms with E-state index in [-0.39, 0.29) is 34.1 Å². The number of nitro benzene ring substituents is 1. The molecule has 2 heterocycles. The number of thiazole rings is 1. The second-order valence-corrected chi connectivity index (χ2v) is 10.9. The Morgan fingerprint density at radius 3 is 2.54 bits per heavy atom. The molecule has 1 amide bonds. The van der Waals surface area contributed by atoms with Crippen molar-refractivity contribution in [1.82, 2.24) is 4.57 Å². The van der Waals surface area contributed by atoms with Gasteiger partial charge in [0.15, 0.2) is 4.80 Å². The van der Waals surface area contributed by atoms with Gasteiger partial charge in [0.2, 0.25) is 10.0 Å². The summed E-state index contributed by atoms with van der Waals surface area (Å²) in [5, 5.41) is 17.0. The molecule has 1 fully saturated rings. The summed E-state index contributed by atoms with van der Waals surface area (Å²) in [6, 6.07) is 8.34. The minimum Gasteiger partial charge on any atom is -0.465 e. The average molecular weight is 548 g/mol. The molecule has 3 aromatic rings. The Hall–Kier alpha value is -3.62. The molecule has 12 nitrogen and oxygen atoms in total. The number of hydrogen-bond acceptors (Lipinski definition) is 9. The molecule has 0 bridgehead atoms. The first-order chi connectivity index (χ1) is 17.6. The molecule has 1 saturated heterocycles. The van der Waals surface area contributed by atoms with Crippen molar-refractivity contribution in [3.05, 3.63) is 56.9 Å². The number of nitro groups is 1. The number of sulfonamides is 1. The average Bonchev–Trinajstić information content (AvgIpc) is 3.19. The van der Waals surface area contributed by atoms with Crippen molar-refractivity contribution in [2.75, 3.05) is 24.6 Å². The SMILES string of the molecule is CCOC(=O)Cn1c(=NC(=O)c2ccc(N3CCCCC3)c([N+](=O)[O-])c2)sc2cc(S(N)(=O)=O)ccc21. The summed E-state index contributed by atoms with van der Waals surface area (Å²) < 4.78 is 30.5. The van der Waals surface area contributed by atoms with Crippen LogP contribution in [0, 0.1) is 10.1 Å². The molecule has 0 atom stereocenters. The normalized spacial score (nSPS) is 14.6. The Morgan fingerprint density at radius 1 is 1.16 bits per heavy atom. The van der Waals surface area contributed by atoms with Crippen LogP contribution in [0.5, 0.6) is 0 Å². The number of nitrogens with two attached hydrogens (primary N) is 1. The summed E-state index contributed by atoms with van der Waals surface area (Å²) in [5.74, 6) is -1.32. The van der Waals surface area contributed by atoms with E-state index < -0.39 is 26.8 Å². The Morgan fingerprint density at radius 2 is 1.89 bits per heavy atom. The molecular formula is C23H25N5O7S2. The van der Waals surface area contributed by atoms with E-state index in [4.69, 9.17) is 9.88 Å².